The Morgan fingerprint density at radius 1 is 1.03 bits per heavy atom. The molecule has 0 N–H and O–H groups in total. The number of carbonyl (C=O) groups is 2. The number of rotatable bonds is 10. The average molecular weight is 427 g/mol. The summed E-state index contributed by atoms with van der Waals surface area (Å²) in [4.78, 5) is 24.5. The molecule has 0 aliphatic rings. The van der Waals surface area contributed by atoms with Crippen LogP contribution in [0.25, 0.3) is 0 Å². The Morgan fingerprint density at radius 2 is 1.59 bits per heavy atom. The normalized spacial score (nSPS) is 14.8. The van der Waals surface area contributed by atoms with E-state index < -0.39 is 29.6 Å². The van der Waals surface area contributed by atoms with E-state index in [9.17, 15) is 9.59 Å². The monoisotopic (exact) mass is 426 g/mol. The number of esters is 2. The van der Waals surface area contributed by atoms with E-state index >= 15 is 0 Å². The van der Waals surface area contributed by atoms with Crippen LogP contribution in [0.15, 0.2) is 24.3 Å². The molecule has 0 aliphatic carbocycles. The zero-order valence-corrected chi connectivity index (χ0v) is 19.4. The molecule has 0 amide bonds. The smallest absolute Gasteiger partial charge is 0.309 e. The number of hydrogen-bond donors (Lipinski definition) is 0. The van der Waals surface area contributed by atoms with Gasteiger partial charge in [-0.2, -0.15) is 0 Å². The summed E-state index contributed by atoms with van der Waals surface area (Å²) in [6, 6.07) is 7.13. The fourth-order valence-corrected chi connectivity index (χ4v) is 3.21. The summed E-state index contributed by atoms with van der Waals surface area (Å²) in [6.45, 7) is 13.1. The van der Waals surface area contributed by atoms with Gasteiger partial charge in [-0.25, -0.2) is 0 Å². The average Bonchev–Trinajstić information content (AvgIpc) is 2.61. The zero-order valence-electron chi connectivity index (χ0n) is 18.7. The molecule has 1 rings (SSSR count). The van der Waals surface area contributed by atoms with Crippen LogP contribution < -0.4 is 4.74 Å². The highest BCUT2D eigenvalue weighted by Gasteiger charge is 2.31. The summed E-state index contributed by atoms with van der Waals surface area (Å²) >= 11 is 5.95. The van der Waals surface area contributed by atoms with E-state index in [1.807, 2.05) is 6.92 Å². The third-order valence-electron chi connectivity index (χ3n) is 4.66. The molecule has 0 radical (unpaired) electrons. The number of halogens is 1. The topological polar surface area (TPSA) is 61.8 Å². The van der Waals surface area contributed by atoms with Gasteiger partial charge in [0.15, 0.2) is 0 Å². The van der Waals surface area contributed by atoms with Crippen LogP contribution in [-0.4, -0.2) is 29.7 Å². The molecular formula is C23H35ClO5. The summed E-state index contributed by atoms with van der Waals surface area (Å²) in [5, 5.41) is 0.631. The van der Waals surface area contributed by atoms with Crippen molar-refractivity contribution in [2.45, 2.75) is 85.5 Å². The Labute approximate surface area is 180 Å². The molecule has 1 aromatic carbocycles. The number of hydrogen-bond acceptors (Lipinski definition) is 5. The van der Waals surface area contributed by atoms with Gasteiger partial charge in [-0.3, -0.25) is 9.59 Å². The maximum absolute atomic E-state index is 12.6. The van der Waals surface area contributed by atoms with Crippen LogP contribution in [0.4, 0.5) is 0 Å². The Morgan fingerprint density at radius 3 is 2.07 bits per heavy atom. The molecule has 0 aliphatic heterocycles. The maximum atomic E-state index is 12.6. The van der Waals surface area contributed by atoms with Gasteiger partial charge in [0.25, 0.3) is 0 Å². The molecule has 1 aromatic rings. The van der Waals surface area contributed by atoms with Gasteiger partial charge in [0, 0.05) is 5.02 Å². The lowest BCUT2D eigenvalue weighted by Crippen LogP contribution is -2.40. The largest absolute Gasteiger partial charge is 0.486 e. The fourth-order valence-electron chi connectivity index (χ4n) is 3.08. The molecule has 0 heterocycles. The predicted octanol–water partition coefficient (Wildman–Crippen LogP) is 5.82. The molecule has 6 heteroatoms. The molecule has 0 aromatic heterocycles. The van der Waals surface area contributed by atoms with Crippen molar-refractivity contribution >= 4 is 23.5 Å². The van der Waals surface area contributed by atoms with E-state index in [4.69, 9.17) is 25.8 Å². The van der Waals surface area contributed by atoms with Gasteiger partial charge in [-0.05, 0) is 70.7 Å². The van der Waals surface area contributed by atoms with E-state index in [1.54, 1.807) is 52.0 Å². The van der Waals surface area contributed by atoms with E-state index in [-0.39, 0.29) is 18.4 Å². The highest BCUT2D eigenvalue weighted by atomic mass is 35.5. The highest BCUT2D eigenvalue weighted by Crippen LogP contribution is 2.26. The van der Waals surface area contributed by atoms with Gasteiger partial charge in [-0.1, -0.05) is 32.4 Å². The Balaban J connectivity index is 2.79. The van der Waals surface area contributed by atoms with Crippen LogP contribution in [-0.2, 0) is 19.1 Å². The third kappa shape index (κ3) is 9.07. The van der Waals surface area contributed by atoms with Crippen LogP contribution in [0.5, 0.6) is 5.75 Å². The second-order valence-corrected chi connectivity index (χ2v) is 8.88. The second-order valence-electron chi connectivity index (χ2n) is 8.45. The maximum Gasteiger partial charge on any atom is 0.309 e. The van der Waals surface area contributed by atoms with E-state index in [1.165, 1.54) is 0 Å². The second kappa shape index (κ2) is 11.4. The lowest BCUT2D eigenvalue weighted by molar-refractivity contribution is -0.166. The van der Waals surface area contributed by atoms with Gasteiger partial charge in [0.1, 0.15) is 23.6 Å². The molecule has 5 nitrogen and oxygen atoms in total. The highest BCUT2D eigenvalue weighted by molar-refractivity contribution is 6.30. The van der Waals surface area contributed by atoms with Crippen LogP contribution in [0, 0.1) is 11.8 Å². The first-order valence-corrected chi connectivity index (χ1v) is 10.7. The predicted molar refractivity (Wildman–Crippen MR) is 115 cm³/mol. The van der Waals surface area contributed by atoms with Crippen molar-refractivity contribution in [3.63, 3.8) is 0 Å². The van der Waals surface area contributed by atoms with E-state index in [2.05, 4.69) is 13.8 Å². The van der Waals surface area contributed by atoms with Gasteiger partial charge >= 0.3 is 11.9 Å². The minimum Gasteiger partial charge on any atom is -0.486 e. The Bertz CT molecular complexity index is 646. The lowest BCUT2D eigenvalue weighted by Gasteiger charge is -2.31. The lowest BCUT2D eigenvalue weighted by atomic mass is 9.93. The molecule has 0 unspecified atom stereocenters. The standard InChI is InChI=1S/C23H35ClO5/c1-8-17(9-2)21(28-19-12-10-18(24)11-13-19)16(4)27-22(26)15(3)14-20(25)29-23(5,6)7/h10-13,15-17,21H,8-9,14H2,1-7H3/t15-,16+,21+/m1/s1. The van der Waals surface area contributed by atoms with E-state index in [0.717, 1.165) is 12.8 Å². The molecule has 0 fully saturated rings. The van der Waals surface area contributed by atoms with Crippen LogP contribution >= 0.6 is 11.6 Å². The van der Waals surface area contributed by atoms with Crippen molar-refractivity contribution in [1.29, 1.82) is 0 Å². The first-order valence-electron chi connectivity index (χ1n) is 10.3. The minimum absolute atomic E-state index is 0.0173. The van der Waals surface area contributed by atoms with Gasteiger partial charge in [0.05, 0.1) is 12.3 Å². The molecule has 0 saturated carbocycles. The molecular weight excluding hydrogens is 392 g/mol. The summed E-state index contributed by atoms with van der Waals surface area (Å²) < 4.78 is 17.2. The number of benzene rings is 1. The number of carbonyl (C=O) groups excluding carboxylic acids is 2. The van der Waals surface area contributed by atoms with Crippen molar-refractivity contribution in [1.82, 2.24) is 0 Å². The Hall–Kier alpha value is -1.75. The summed E-state index contributed by atoms with van der Waals surface area (Å²) in [5.74, 6) is -0.543. The molecule has 0 spiro atoms. The first kappa shape index (κ1) is 25.3. The fraction of sp³-hybridized carbons (Fsp3) is 0.652. The van der Waals surface area contributed by atoms with Crippen LogP contribution in [0.3, 0.4) is 0 Å². The van der Waals surface area contributed by atoms with Gasteiger partial charge in [-0.15, -0.1) is 0 Å². The SMILES string of the molecule is CCC(CC)[C@@H](Oc1ccc(Cl)cc1)[C@H](C)OC(=O)[C@H](C)CC(=O)OC(C)(C)C. The first-order chi connectivity index (χ1) is 13.5. The zero-order chi connectivity index (χ0) is 22.2. The quantitative estimate of drug-likeness (QED) is 0.441. The van der Waals surface area contributed by atoms with Crippen LogP contribution in [0.2, 0.25) is 5.02 Å². The van der Waals surface area contributed by atoms with Crippen molar-refractivity contribution in [2.75, 3.05) is 0 Å². The molecule has 3 atom stereocenters. The van der Waals surface area contributed by atoms with Crippen LogP contribution in [0.1, 0.15) is 67.7 Å². The summed E-state index contributed by atoms with van der Waals surface area (Å²) in [6.07, 6.45) is 0.998. The Kier molecular flexibility index (Phi) is 9.97. The van der Waals surface area contributed by atoms with Crippen molar-refractivity contribution in [3.05, 3.63) is 29.3 Å². The molecule has 29 heavy (non-hydrogen) atoms. The van der Waals surface area contributed by atoms with Crippen molar-refractivity contribution in [3.8, 4) is 5.75 Å². The molecule has 0 bridgehead atoms. The summed E-state index contributed by atoms with van der Waals surface area (Å²) in [7, 11) is 0. The molecule has 0 saturated heterocycles. The van der Waals surface area contributed by atoms with Crippen molar-refractivity contribution in [2.24, 2.45) is 11.8 Å². The van der Waals surface area contributed by atoms with Gasteiger partial charge < -0.3 is 14.2 Å². The summed E-state index contributed by atoms with van der Waals surface area (Å²) in [5.41, 5.74) is -0.582. The number of ether oxygens (including phenoxy) is 3. The minimum atomic E-state index is -0.592. The molecule has 164 valence electrons. The van der Waals surface area contributed by atoms with Gasteiger partial charge in [0.2, 0.25) is 0 Å². The van der Waals surface area contributed by atoms with Crippen molar-refractivity contribution < 1.29 is 23.8 Å². The third-order valence-corrected chi connectivity index (χ3v) is 4.91. The van der Waals surface area contributed by atoms with E-state index in [0.29, 0.717) is 10.8 Å².